The van der Waals surface area contributed by atoms with E-state index < -0.39 is 5.97 Å². The van der Waals surface area contributed by atoms with Crippen LogP contribution < -0.4 is 4.74 Å². The van der Waals surface area contributed by atoms with Crippen molar-refractivity contribution >= 4 is 66.8 Å². The van der Waals surface area contributed by atoms with Crippen LogP contribution in [0.15, 0.2) is 59.9 Å². The smallest absolute Gasteiger partial charge is 0.342 e. The molecular weight excluding hydrogens is 474 g/mol. The quantitative estimate of drug-likeness (QED) is 0.376. The first-order valence-electron chi connectivity index (χ1n) is 6.99. The van der Waals surface area contributed by atoms with Crippen molar-refractivity contribution in [1.29, 1.82) is 0 Å². The number of nitrogens with zero attached hydrogens (tertiary/aromatic N) is 1. The maximum atomic E-state index is 11.6. The van der Waals surface area contributed by atoms with Crippen molar-refractivity contribution in [3.63, 3.8) is 0 Å². The highest BCUT2D eigenvalue weighted by Crippen LogP contribution is 2.36. The highest BCUT2D eigenvalue weighted by atomic mass is 79.9. The highest BCUT2D eigenvalue weighted by Gasteiger charge is 2.16. The Morgan fingerprint density at radius 1 is 1.28 bits per heavy atom. The topological polar surface area (TPSA) is 72.6 Å². The lowest BCUT2D eigenvalue weighted by atomic mass is 10.2. The number of fused-ring (bicyclic) bond motifs is 1. The number of halogens is 2. The summed E-state index contributed by atoms with van der Waals surface area (Å²) in [4.78, 5) is 16.0. The van der Waals surface area contributed by atoms with Gasteiger partial charge in [0.05, 0.1) is 16.1 Å². The molecule has 0 fully saturated rings. The Balaban J connectivity index is 1.95. The highest BCUT2D eigenvalue weighted by molar-refractivity contribution is 9.11. The molecule has 0 saturated heterocycles. The monoisotopic (exact) mass is 483 g/mol. The summed E-state index contributed by atoms with van der Waals surface area (Å²) in [5.74, 6) is -0.420. The van der Waals surface area contributed by atoms with Crippen molar-refractivity contribution in [2.75, 3.05) is 7.11 Å². The molecule has 3 aromatic rings. The predicted molar refractivity (Wildman–Crippen MR) is 104 cm³/mol. The van der Waals surface area contributed by atoms with E-state index in [0.717, 1.165) is 11.8 Å². The molecular formula is C17H11Br2NO4S. The largest absolute Gasteiger partial charge is 0.494 e. The van der Waals surface area contributed by atoms with Crippen LogP contribution in [0.2, 0.25) is 0 Å². The van der Waals surface area contributed by atoms with Gasteiger partial charge in [-0.15, -0.1) is 0 Å². The number of hydrogen-bond acceptors (Lipinski definition) is 5. The number of carboxylic acids is 1. The number of benzene rings is 2. The summed E-state index contributed by atoms with van der Waals surface area (Å²) < 4.78 is 12.3. The molecule has 2 aromatic carbocycles. The van der Waals surface area contributed by atoms with Crippen LogP contribution in [0, 0.1) is 0 Å². The molecule has 8 heteroatoms. The summed E-state index contributed by atoms with van der Waals surface area (Å²) >= 11 is 7.77. The van der Waals surface area contributed by atoms with Crippen molar-refractivity contribution in [2.45, 2.75) is 5.22 Å². The molecule has 0 atom stereocenters. The van der Waals surface area contributed by atoms with Crippen molar-refractivity contribution in [3.8, 4) is 5.75 Å². The summed E-state index contributed by atoms with van der Waals surface area (Å²) in [6.07, 6.45) is 1.55. The lowest BCUT2D eigenvalue weighted by Gasteiger charge is -2.07. The predicted octanol–water partition coefficient (Wildman–Crippen LogP) is 5.58. The van der Waals surface area contributed by atoms with E-state index in [1.165, 1.54) is 0 Å². The van der Waals surface area contributed by atoms with Crippen LogP contribution in [0.1, 0.15) is 5.56 Å². The second kappa shape index (κ2) is 7.63. The molecule has 1 N–H and O–H groups in total. The molecule has 0 unspecified atom stereocenters. The molecule has 25 heavy (non-hydrogen) atoms. The van der Waals surface area contributed by atoms with Gasteiger partial charge in [-0.1, -0.05) is 12.1 Å². The number of ether oxygens (including phenoxy) is 1. The van der Waals surface area contributed by atoms with E-state index in [1.54, 1.807) is 31.4 Å². The number of carbonyl (C=O) groups is 1. The SMILES string of the molecule is COc1c(Br)cc(/C=C(\Sc2nc3ccccc3o2)C(=O)O)cc1Br. The van der Waals surface area contributed by atoms with Crippen LogP contribution >= 0.6 is 43.6 Å². The summed E-state index contributed by atoms with van der Waals surface area (Å²) in [7, 11) is 1.56. The molecule has 1 heterocycles. The van der Waals surface area contributed by atoms with Crippen LogP contribution in [-0.2, 0) is 4.79 Å². The number of thioether (sulfide) groups is 1. The zero-order chi connectivity index (χ0) is 18.0. The van der Waals surface area contributed by atoms with E-state index in [4.69, 9.17) is 9.15 Å². The van der Waals surface area contributed by atoms with Gasteiger partial charge in [0, 0.05) is 0 Å². The summed E-state index contributed by atoms with van der Waals surface area (Å²) in [5.41, 5.74) is 2.00. The molecule has 3 rings (SSSR count). The molecule has 0 saturated carbocycles. The number of oxazole rings is 1. The summed E-state index contributed by atoms with van der Waals surface area (Å²) in [5, 5.41) is 9.78. The van der Waals surface area contributed by atoms with Gasteiger partial charge in [0.2, 0.25) is 0 Å². The number of aromatic nitrogens is 1. The average Bonchev–Trinajstić information content (AvgIpc) is 2.96. The van der Waals surface area contributed by atoms with Crippen molar-refractivity contribution in [1.82, 2.24) is 4.98 Å². The molecule has 5 nitrogen and oxygen atoms in total. The minimum absolute atomic E-state index is 0.0931. The third-order valence-corrected chi connectivity index (χ3v) is 5.24. The number of rotatable bonds is 5. The number of carboxylic acid groups (broad SMARTS) is 1. The minimum atomic E-state index is -1.06. The fraction of sp³-hybridized carbons (Fsp3) is 0.0588. The van der Waals surface area contributed by atoms with Crippen LogP contribution in [-0.4, -0.2) is 23.2 Å². The van der Waals surface area contributed by atoms with Crippen LogP contribution in [0.25, 0.3) is 17.2 Å². The number of hydrogen-bond donors (Lipinski definition) is 1. The van der Waals surface area contributed by atoms with Gasteiger partial charge in [0.15, 0.2) is 5.58 Å². The van der Waals surface area contributed by atoms with Gasteiger partial charge in [-0.2, -0.15) is 0 Å². The normalized spacial score (nSPS) is 11.7. The maximum Gasteiger partial charge on any atom is 0.342 e. The Hall–Kier alpha value is -1.77. The number of methoxy groups -OCH3 is 1. The second-order valence-electron chi connectivity index (χ2n) is 4.88. The molecule has 0 aliphatic rings. The van der Waals surface area contributed by atoms with Crippen molar-refractivity contribution in [2.24, 2.45) is 0 Å². The molecule has 0 amide bonds. The van der Waals surface area contributed by atoms with Gasteiger partial charge in [-0.05, 0) is 79.5 Å². The second-order valence-corrected chi connectivity index (χ2v) is 7.58. The number of para-hydroxylation sites is 2. The molecule has 1 aromatic heterocycles. The van der Waals surface area contributed by atoms with Crippen molar-refractivity contribution < 1.29 is 19.1 Å². The Kier molecular flexibility index (Phi) is 5.51. The maximum absolute atomic E-state index is 11.6. The van der Waals surface area contributed by atoms with E-state index in [1.807, 2.05) is 18.2 Å². The Bertz CT molecular complexity index is 928. The molecule has 0 bridgehead atoms. The van der Waals surface area contributed by atoms with E-state index in [2.05, 4.69) is 36.8 Å². The first kappa shape index (κ1) is 18.0. The molecule has 0 aliphatic carbocycles. The van der Waals surface area contributed by atoms with Crippen LogP contribution in [0.5, 0.6) is 5.75 Å². The van der Waals surface area contributed by atoms with E-state index in [0.29, 0.717) is 31.4 Å². The van der Waals surface area contributed by atoms with Gasteiger partial charge < -0.3 is 14.3 Å². The molecule has 128 valence electrons. The first-order valence-corrected chi connectivity index (χ1v) is 9.39. The third-order valence-electron chi connectivity index (χ3n) is 3.20. The van der Waals surface area contributed by atoms with Gasteiger partial charge in [-0.3, -0.25) is 0 Å². The van der Waals surface area contributed by atoms with Gasteiger partial charge in [-0.25, -0.2) is 9.78 Å². The summed E-state index contributed by atoms with van der Waals surface area (Å²) in [6.45, 7) is 0. The van der Waals surface area contributed by atoms with E-state index >= 15 is 0 Å². The fourth-order valence-corrected chi connectivity index (χ4v) is 4.42. The molecule has 0 spiro atoms. The summed E-state index contributed by atoms with van der Waals surface area (Å²) in [6, 6.07) is 10.8. The third kappa shape index (κ3) is 4.08. The van der Waals surface area contributed by atoms with Crippen LogP contribution in [0.3, 0.4) is 0 Å². The van der Waals surface area contributed by atoms with Gasteiger partial charge in [0.25, 0.3) is 5.22 Å². The van der Waals surface area contributed by atoms with Gasteiger partial charge in [0.1, 0.15) is 16.2 Å². The molecule has 0 aliphatic heterocycles. The Morgan fingerprint density at radius 3 is 2.56 bits per heavy atom. The zero-order valence-corrected chi connectivity index (χ0v) is 16.8. The average molecular weight is 485 g/mol. The first-order chi connectivity index (χ1) is 12.0. The minimum Gasteiger partial charge on any atom is -0.494 e. The lowest BCUT2D eigenvalue weighted by molar-refractivity contribution is -0.131. The van der Waals surface area contributed by atoms with Gasteiger partial charge >= 0.3 is 5.97 Å². The lowest BCUT2D eigenvalue weighted by Crippen LogP contribution is -1.97. The van der Waals surface area contributed by atoms with Crippen molar-refractivity contribution in [3.05, 3.63) is 55.8 Å². The van der Waals surface area contributed by atoms with E-state index in [-0.39, 0.29) is 10.1 Å². The molecule has 0 radical (unpaired) electrons. The number of aliphatic carboxylic acids is 1. The Labute approximate surface area is 164 Å². The van der Waals surface area contributed by atoms with Crippen LogP contribution in [0.4, 0.5) is 0 Å². The Morgan fingerprint density at radius 2 is 1.96 bits per heavy atom. The van der Waals surface area contributed by atoms with E-state index in [9.17, 15) is 9.90 Å². The standard InChI is InChI=1S/C17H11Br2NO4S/c1-23-15-10(18)6-9(7-11(15)19)8-14(16(21)22)25-17-20-12-4-2-3-5-13(12)24-17/h2-8H,1H3,(H,21,22)/b14-8-. The zero-order valence-electron chi connectivity index (χ0n) is 12.8. The fourth-order valence-electron chi connectivity index (χ4n) is 2.13.